The molecule has 220 valence electrons. The molecule has 0 unspecified atom stereocenters. The molecule has 8 aromatic rings. The first kappa shape index (κ1) is 27.6. The van der Waals surface area contributed by atoms with E-state index in [1.165, 1.54) is 5.39 Å². The Kier molecular flexibility index (Phi) is 6.92. The summed E-state index contributed by atoms with van der Waals surface area (Å²) in [4.78, 5) is 19.9. The largest absolute Gasteiger partial charge is 0.296 e. The number of imidazole rings is 1. The van der Waals surface area contributed by atoms with Crippen LogP contribution in [0.25, 0.3) is 72.8 Å². The molecular weight excluding hydrogens is 562 g/mol. The Morgan fingerprint density at radius 1 is 0.478 bits per heavy atom. The molecule has 8 rings (SSSR count). The maximum absolute atomic E-state index is 5.01. The van der Waals surface area contributed by atoms with Gasteiger partial charge in [-0.15, -0.1) is 0 Å². The van der Waals surface area contributed by atoms with E-state index >= 15 is 0 Å². The summed E-state index contributed by atoms with van der Waals surface area (Å²) in [6, 6.07) is 50.2. The smallest absolute Gasteiger partial charge is 0.164 e. The minimum atomic E-state index is 0.287. The second-order valence-electron chi connectivity index (χ2n) is 11.8. The SMILES string of the molecule is CC(C)c1nc2ccccc2n1-c1ccc(-c2cc(-c3nc(-c4ccccc4)nc(-c4ccccc4)n3)cc3ccccc23)cc1. The van der Waals surface area contributed by atoms with E-state index in [1.54, 1.807) is 0 Å². The van der Waals surface area contributed by atoms with E-state index in [1.807, 2.05) is 66.7 Å². The van der Waals surface area contributed by atoms with Gasteiger partial charge in [-0.25, -0.2) is 19.9 Å². The zero-order valence-electron chi connectivity index (χ0n) is 25.7. The van der Waals surface area contributed by atoms with Crippen molar-refractivity contribution in [2.45, 2.75) is 19.8 Å². The summed E-state index contributed by atoms with van der Waals surface area (Å²) in [7, 11) is 0. The Bertz CT molecular complexity index is 2260. The van der Waals surface area contributed by atoms with Crippen LogP contribution in [0.5, 0.6) is 0 Å². The van der Waals surface area contributed by atoms with E-state index < -0.39 is 0 Å². The first-order chi connectivity index (χ1) is 22.6. The van der Waals surface area contributed by atoms with E-state index in [-0.39, 0.29) is 5.92 Å². The van der Waals surface area contributed by atoms with Crippen molar-refractivity contribution in [3.8, 4) is 51.0 Å². The number of aromatic nitrogens is 5. The molecule has 0 aliphatic carbocycles. The van der Waals surface area contributed by atoms with Gasteiger partial charge in [0.15, 0.2) is 17.5 Å². The summed E-state index contributed by atoms with van der Waals surface area (Å²) in [6.07, 6.45) is 0. The van der Waals surface area contributed by atoms with Crippen molar-refractivity contribution in [2.75, 3.05) is 0 Å². The van der Waals surface area contributed by atoms with Gasteiger partial charge in [0.2, 0.25) is 0 Å². The fourth-order valence-corrected chi connectivity index (χ4v) is 6.11. The van der Waals surface area contributed by atoms with Crippen LogP contribution in [0.15, 0.2) is 146 Å². The van der Waals surface area contributed by atoms with Crippen molar-refractivity contribution < 1.29 is 0 Å². The lowest BCUT2D eigenvalue weighted by Crippen LogP contribution is -2.03. The van der Waals surface area contributed by atoms with Gasteiger partial charge in [0.1, 0.15) is 5.82 Å². The lowest BCUT2D eigenvalue weighted by Gasteiger charge is -2.14. The third kappa shape index (κ3) is 5.02. The highest BCUT2D eigenvalue weighted by Crippen LogP contribution is 2.35. The molecule has 0 fully saturated rings. The molecule has 46 heavy (non-hydrogen) atoms. The summed E-state index contributed by atoms with van der Waals surface area (Å²) < 4.78 is 2.28. The minimum absolute atomic E-state index is 0.287. The predicted octanol–water partition coefficient (Wildman–Crippen LogP) is 10.2. The van der Waals surface area contributed by atoms with Gasteiger partial charge in [-0.3, -0.25) is 4.57 Å². The molecule has 0 aliphatic heterocycles. The van der Waals surface area contributed by atoms with Gasteiger partial charge >= 0.3 is 0 Å². The Balaban J connectivity index is 1.28. The van der Waals surface area contributed by atoms with Gasteiger partial charge in [0.05, 0.1) is 11.0 Å². The van der Waals surface area contributed by atoms with Crippen LogP contribution in [0.3, 0.4) is 0 Å². The highest BCUT2D eigenvalue weighted by molar-refractivity contribution is 6.00. The molecule has 0 saturated carbocycles. The van der Waals surface area contributed by atoms with Crippen molar-refractivity contribution in [3.05, 3.63) is 151 Å². The van der Waals surface area contributed by atoms with Crippen molar-refractivity contribution in [2.24, 2.45) is 0 Å². The molecule has 2 heterocycles. The Morgan fingerprint density at radius 3 is 1.70 bits per heavy atom. The minimum Gasteiger partial charge on any atom is -0.296 e. The quantitative estimate of drug-likeness (QED) is 0.192. The summed E-state index contributed by atoms with van der Waals surface area (Å²) in [6.45, 7) is 4.38. The lowest BCUT2D eigenvalue weighted by molar-refractivity contribution is 0.760. The molecule has 0 spiro atoms. The molecule has 0 atom stereocenters. The van der Waals surface area contributed by atoms with Gasteiger partial charge in [0, 0.05) is 28.3 Å². The predicted molar refractivity (Wildman–Crippen MR) is 188 cm³/mol. The number of rotatable bonds is 6. The summed E-state index contributed by atoms with van der Waals surface area (Å²) in [5.41, 5.74) is 8.32. The number of para-hydroxylation sites is 2. The normalized spacial score (nSPS) is 11.5. The molecule has 0 aliphatic rings. The van der Waals surface area contributed by atoms with Crippen LogP contribution >= 0.6 is 0 Å². The zero-order valence-corrected chi connectivity index (χ0v) is 25.7. The van der Waals surface area contributed by atoms with Gasteiger partial charge < -0.3 is 0 Å². The first-order valence-electron chi connectivity index (χ1n) is 15.6. The van der Waals surface area contributed by atoms with E-state index in [4.69, 9.17) is 19.9 Å². The second-order valence-corrected chi connectivity index (χ2v) is 11.8. The Labute approximate surface area is 267 Å². The Morgan fingerprint density at radius 2 is 1.04 bits per heavy atom. The molecule has 0 radical (unpaired) electrons. The standard InChI is InChI=1S/C41H31N5/c1-27(2)41-42-36-19-11-12-20-37(36)46(41)33-23-21-28(22-24-33)35-26-32(25-31-17-9-10-18-34(31)35)40-44-38(29-13-5-3-6-14-29)43-39(45-40)30-15-7-4-8-16-30/h3-27H,1-2H3. The fourth-order valence-electron chi connectivity index (χ4n) is 6.11. The van der Waals surface area contributed by atoms with Gasteiger partial charge in [-0.05, 0) is 58.3 Å². The second kappa shape index (κ2) is 11.5. The highest BCUT2D eigenvalue weighted by atomic mass is 15.1. The first-order valence-corrected chi connectivity index (χ1v) is 15.6. The number of fused-ring (bicyclic) bond motifs is 2. The van der Waals surface area contributed by atoms with Crippen LogP contribution in [0.2, 0.25) is 0 Å². The summed E-state index contributed by atoms with van der Waals surface area (Å²) >= 11 is 0. The van der Waals surface area contributed by atoms with Crippen LogP contribution in [-0.4, -0.2) is 24.5 Å². The number of nitrogens with zero attached hydrogens (tertiary/aromatic N) is 5. The molecule has 6 aromatic carbocycles. The average molecular weight is 594 g/mol. The van der Waals surface area contributed by atoms with Crippen LogP contribution < -0.4 is 0 Å². The fraction of sp³-hybridized carbons (Fsp3) is 0.0732. The molecule has 2 aromatic heterocycles. The molecule has 5 nitrogen and oxygen atoms in total. The lowest BCUT2D eigenvalue weighted by atomic mass is 9.95. The van der Waals surface area contributed by atoms with Crippen LogP contribution in [0, 0.1) is 0 Å². The van der Waals surface area contributed by atoms with Gasteiger partial charge in [-0.1, -0.05) is 123 Å². The summed E-state index contributed by atoms with van der Waals surface area (Å²) in [5.74, 6) is 3.28. The van der Waals surface area contributed by atoms with Crippen LogP contribution in [0.4, 0.5) is 0 Å². The number of hydrogen-bond acceptors (Lipinski definition) is 4. The van der Waals surface area contributed by atoms with E-state index in [9.17, 15) is 0 Å². The third-order valence-corrected chi connectivity index (χ3v) is 8.36. The molecular formula is C41H31N5. The van der Waals surface area contributed by atoms with Gasteiger partial charge in [0.25, 0.3) is 0 Å². The maximum atomic E-state index is 5.01. The monoisotopic (exact) mass is 593 g/mol. The number of benzene rings is 6. The van der Waals surface area contributed by atoms with Gasteiger partial charge in [-0.2, -0.15) is 0 Å². The van der Waals surface area contributed by atoms with Crippen molar-refractivity contribution in [1.82, 2.24) is 24.5 Å². The van der Waals surface area contributed by atoms with Crippen molar-refractivity contribution >= 4 is 21.8 Å². The van der Waals surface area contributed by atoms with E-state index in [0.29, 0.717) is 17.5 Å². The maximum Gasteiger partial charge on any atom is 0.164 e. The van der Waals surface area contributed by atoms with Crippen molar-refractivity contribution in [3.63, 3.8) is 0 Å². The van der Waals surface area contributed by atoms with E-state index in [2.05, 4.69) is 97.3 Å². The van der Waals surface area contributed by atoms with Crippen LogP contribution in [-0.2, 0) is 0 Å². The molecule has 0 N–H and O–H groups in total. The average Bonchev–Trinajstić information content (AvgIpc) is 3.52. The van der Waals surface area contributed by atoms with Crippen molar-refractivity contribution in [1.29, 1.82) is 0 Å². The van der Waals surface area contributed by atoms with E-state index in [0.717, 1.165) is 55.7 Å². The highest BCUT2D eigenvalue weighted by Gasteiger charge is 2.17. The Hall–Kier alpha value is -5.94. The molecule has 0 bridgehead atoms. The molecule has 0 amide bonds. The van der Waals surface area contributed by atoms with Crippen LogP contribution in [0.1, 0.15) is 25.6 Å². The zero-order chi connectivity index (χ0) is 31.0. The topological polar surface area (TPSA) is 56.5 Å². The molecule has 5 heteroatoms. The third-order valence-electron chi connectivity index (χ3n) is 8.36. The number of hydrogen-bond donors (Lipinski definition) is 0. The summed E-state index contributed by atoms with van der Waals surface area (Å²) in [5, 5.41) is 2.31. The molecule has 0 saturated heterocycles.